The normalized spacial score (nSPS) is 16.5. The Balaban J connectivity index is 1.75. The van der Waals surface area contributed by atoms with Gasteiger partial charge in [-0.2, -0.15) is 0 Å². The van der Waals surface area contributed by atoms with Crippen molar-refractivity contribution in [3.63, 3.8) is 0 Å². The molecule has 0 aliphatic carbocycles. The summed E-state index contributed by atoms with van der Waals surface area (Å²) in [4.78, 5) is 29.9. The number of aryl methyl sites for hydroxylation is 2. The number of carboxylic acids is 1. The van der Waals surface area contributed by atoms with Crippen LogP contribution in [0, 0.1) is 13.8 Å². The van der Waals surface area contributed by atoms with Crippen molar-refractivity contribution in [1.29, 1.82) is 0 Å². The van der Waals surface area contributed by atoms with E-state index in [1.54, 1.807) is 17.9 Å². The molecule has 0 bridgehead atoms. The second-order valence-electron chi connectivity index (χ2n) is 6.23. The summed E-state index contributed by atoms with van der Waals surface area (Å²) in [6.07, 6.45) is 1.64. The predicted octanol–water partition coefficient (Wildman–Crippen LogP) is 2.43. The fourth-order valence-electron chi connectivity index (χ4n) is 2.96. The Labute approximate surface area is 145 Å². The van der Waals surface area contributed by atoms with E-state index in [4.69, 9.17) is 9.15 Å². The van der Waals surface area contributed by atoms with E-state index in [-0.39, 0.29) is 37.6 Å². The molecule has 1 amide bonds. The topological polar surface area (TPSA) is 92.9 Å². The summed E-state index contributed by atoms with van der Waals surface area (Å²) < 4.78 is 11.0. The van der Waals surface area contributed by atoms with E-state index in [1.165, 1.54) is 6.39 Å². The lowest BCUT2D eigenvalue weighted by Gasteiger charge is -2.38. The number of piperidine rings is 1. The maximum Gasteiger partial charge on any atom is 0.348 e. The van der Waals surface area contributed by atoms with Crippen LogP contribution in [0.4, 0.5) is 0 Å². The number of amides is 1. The molecule has 1 saturated heterocycles. The summed E-state index contributed by atoms with van der Waals surface area (Å²) in [5, 5.41) is 9.74. The van der Waals surface area contributed by atoms with Gasteiger partial charge in [0, 0.05) is 25.9 Å². The number of carbonyl (C=O) groups is 2. The fraction of sp³-hybridized carbons (Fsp3) is 0.389. The lowest BCUT2D eigenvalue weighted by molar-refractivity contribution is -0.159. The van der Waals surface area contributed by atoms with Crippen molar-refractivity contribution in [2.24, 2.45) is 0 Å². The number of carbonyl (C=O) groups excluding carboxylic acids is 1. The van der Waals surface area contributed by atoms with Gasteiger partial charge in [-0.1, -0.05) is 18.2 Å². The summed E-state index contributed by atoms with van der Waals surface area (Å²) in [6.45, 7) is 4.12. The molecule has 0 radical (unpaired) electrons. The summed E-state index contributed by atoms with van der Waals surface area (Å²) >= 11 is 0. The third-order valence-corrected chi connectivity index (χ3v) is 4.59. The molecule has 0 atom stereocenters. The van der Waals surface area contributed by atoms with Gasteiger partial charge < -0.3 is 19.2 Å². The van der Waals surface area contributed by atoms with Crippen molar-refractivity contribution in [2.45, 2.75) is 32.3 Å². The standard InChI is InChI=1S/C18H20N2O5/c1-12-5-3-4-6-14(12)25-18(17(22)23)7-9-20(10-8-18)16(21)15-13(2)19-11-24-15/h3-6,11H,7-10H2,1-2H3,(H,22,23). The van der Waals surface area contributed by atoms with Crippen LogP contribution < -0.4 is 4.74 Å². The first kappa shape index (κ1) is 17.0. The number of carboxylic acid groups (broad SMARTS) is 1. The highest BCUT2D eigenvalue weighted by molar-refractivity contribution is 5.92. The Morgan fingerprint density at radius 3 is 2.48 bits per heavy atom. The van der Waals surface area contributed by atoms with Gasteiger partial charge in [0.25, 0.3) is 5.91 Å². The van der Waals surface area contributed by atoms with E-state index in [0.29, 0.717) is 11.4 Å². The van der Waals surface area contributed by atoms with Crippen molar-refractivity contribution in [2.75, 3.05) is 13.1 Å². The molecule has 1 aromatic carbocycles. The molecule has 1 N–H and O–H groups in total. The van der Waals surface area contributed by atoms with E-state index in [0.717, 1.165) is 5.56 Å². The number of para-hydroxylation sites is 1. The molecule has 2 aromatic rings. The number of likely N-dealkylation sites (tertiary alicyclic amines) is 1. The van der Waals surface area contributed by atoms with Gasteiger partial charge in [0.1, 0.15) is 5.75 Å². The van der Waals surface area contributed by atoms with Crippen LogP contribution in [0.2, 0.25) is 0 Å². The van der Waals surface area contributed by atoms with Gasteiger partial charge in [0.2, 0.25) is 11.4 Å². The van der Waals surface area contributed by atoms with Crippen LogP contribution in [0.3, 0.4) is 0 Å². The van der Waals surface area contributed by atoms with Crippen molar-refractivity contribution < 1.29 is 23.8 Å². The van der Waals surface area contributed by atoms with Crippen molar-refractivity contribution in [3.8, 4) is 5.75 Å². The highest BCUT2D eigenvalue weighted by Gasteiger charge is 2.45. The number of aliphatic carboxylic acids is 1. The number of oxazole rings is 1. The number of nitrogens with zero attached hydrogens (tertiary/aromatic N) is 2. The van der Waals surface area contributed by atoms with Crippen molar-refractivity contribution in [3.05, 3.63) is 47.7 Å². The molecule has 0 spiro atoms. The number of hydrogen-bond acceptors (Lipinski definition) is 5. The molecule has 2 heterocycles. The van der Waals surface area contributed by atoms with Gasteiger partial charge in [-0.05, 0) is 25.5 Å². The van der Waals surface area contributed by atoms with E-state index in [9.17, 15) is 14.7 Å². The van der Waals surface area contributed by atoms with E-state index in [1.807, 2.05) is 25.1 Å². The van der Waals surface area contributed by atoms with Gasteiger partial charge in [-0.25, -0.2) is 9.78 Å². The minimum Gasteiger partial charge on any atom is -0.478 e. The molecule has 25 heavy (non-hydrogen) atoms. The van der Waals surface area contributed by atoms with E-state index in [2.05, 4.69) is 4.98 Å². The summed E-state index contributed by atoms with van der Waals surface area (Å²) in [6, 6.07) is 7.31. The highest BCUT2D eigenvalue weighted by atomic mass is 16.5. The molecule has 7 nitrogen and oxygen atoms in total. The molecular formula is C18H20N2O5. The number of rotatable bonds is 4. The molecule has 7 heteroatoms. The molecule has 132 valence electrons. The largest absolute Gasteiger partial charge is 0.478 e. The predicted molar refractivity (Wildman–Crippen MR) is 88.6 cm³/mol. The van der Waals surface area contributed by atoms with Crippen LogP contribution in [-0.2, 0) is 4.79 Å². The quantitative estimate of drug-likeness (QED) is 0.916. The van der Waals surface area contributed by atoms with Crippen LogP contribution in [0.15, 0.2) is 35.1 Å². The minimum atomic E-state index is -1.33. The first-order valence-electron chi connectivity index (χ1n) is 8.10. The maximum absolute atomic E-state index is 12.5. The number of benzene rings is 1. The SMILES string of the molecule is Cc1ccccc1OC1(C(=O)O)CCN(C(=O)c2ocnc2C)CC1. The molecule has 1 aromatic heterocycles. The molecule has 0 saturated carbocycles. The average Bonchev–Trinajstić information content (AvgIpc) is 3.03. The van der Waals surface area contributed by atoms with Crippen LogP contribution in [0.25, 0.3) is 0 Å². The van der Waals surface area contributed by atoms with Gasteiger partial charge in [0.15, 0.2) is 6.39 Å². The number of hydrogen-bond donors (Lipinski definition) is 1. The van der Waals surface area contributed by atoms with Crippen LogP contribution in [0.1, 0.15) is 34.7 Å². The monoisotopic (exact) mass is 344 g/mol. The smallest absolute Gasteiger partial charge is 0.348 e. The molecule has 1 fully saturated rings. The number of ether oxygens (including phenoxy) is 1. The summed E-state index contributed by atoms with van der Waals surface area (Å²) in [7, 11) is 0. The molecule has 1 aliphatic heterocycles. The van der Waals surface area contributed by atoms with Crippen molar-refractivity contribution in [1.82, 2.24) is 9.88 Å². The molecule has 3 rings (SSSR count). The summed E-state index contributed by atoms with van der Waals surface area (Å²) in [5.41, 5.74) is 0.0643. The Morgan fingerprint density at radius 2 is 1.92 bits per heavy atom. The van der Waals surface area contributed by atoms with Crippen LogP contribution in [-0.4, -0.2) is 45.6 Å². The zero-order valence-corrected chi connectivity index (χ0v) is 14.2. The lowest BCUT2D eigenvalue weighted by atomic mass is 9.90. The van der Waals surface area contributed by atoms with Gasteiger partial charge in [-0.3, -0.25) is 4.79 Å². The first-order valence-corrected chi connectivity index (χ1v) is 8.10. The zero-order chi connectivity index (χ0) is 18.0. The van der Waals surface area contributed by atoms with Gasteiger partial charge >= 0.3 is 5.97 Å². The van der Waals surface area contributed by atoms with E-state index < -0.39 is 11.6 Å². The third kappa shape index (κ3) is 3.22. The highest BCUT2D eigenvalue weighted by Crippen LogP contribution is 2.31. The van der Waals surface area contributed by atoms with Crippen molar-refractivity contribution >= 4 is 11.9 Å². The average molecular weight is 344 g/mol. The maximum atomic E-state index is 12.5. The Bertz CT molecular complexity index is 790. The molecule has 1 aliphatic rings. The lowest BCUT2D eigenvalue weighted by Crippen LogP contribution is -2.54. The zero-order valence-electron chi connectivity index (χ0n) is 14.2. The Kier molecular flexibility index (Phi) is 4.48. The molecular weight excluding hydrogens is 324 g/mol. The molecule has 0 unspecified atom stereocenters. The Morgan fingerprint density at radius 1 is 1.24 bits per heavy atom. The van der Waals surface area contributed by atoms with Gasteiger partial charge in [0.05, 0.1) is 5.69 Å². The van der Waals surface area contributed by atoms with Gasteiger partial charge in [-0.15, -0.1) is 0 Å². The van der Waals surface area contributed by atoms with Crippen LogP contribution in [0.5, 0.6) is 5.75 Å². The van der Waals surface area contributed by atoms with Crippen LogP contribution >= 0.6 is 0 Å². The second-order valence-corrected chi connectivity index (χ2v) is 6.23. The Hall–Kier alpha value is -2.83. The van der Waals surface area contributed by atoms with E-state index >= 15 is 0 Å². The first-order chi connectivity index (χ1) is 11.9. The second kappa shape index (κ2) is 6.58. The third-order valence-electron chi connectivity index (χ3n) is 4.59. The fourth-order valence-corrected chi connectivity index (χ4v) is 2.96. The minimum absolute atomic E-state index is 0.197. The summed E-state index contributed by atoms with van der Waals surface area (Å²) in [5.74, 6) is -0.540. The number of aromatic nitrogens is 1.